The number of aromatic nitrogens is 4. The molecule has 1 amide bonds. The monoisotopic (exact) mass is 295 g/mol. The van der Waals surface area contributed by atoms with Gasteiger partial charge in [0, 0.05) is 30.6 Å². The van der Waals surface area contributed by atoms with E-state index < -0.39 is 0 Å². The van der Waals surface area contributed by atoms with E-state index in [0.717, 1.165) is 5.56 Å². The van der Waals surface area contributed by atoms with E-state index in [9.17, 15) is 4.79 Å². The van der Waals surface area contributed by atoms with Crippen LogP contribution in [0.25, 0.3) is 5.65 Å². The predicted molar refractivity (Wildman–Crippen MR) is 82.6 cm³/mol. The summed E-state index contributed by atoms with van der Waals surface area (Å²) in [7, 11) is 0. The van der Waals surface area contributed by atoms with Crippen LogP contribution in [0.3, 0.4) is 0 Å². The van der Waals surface area contributed by atoms with E-state index in [4.69, 9.17) is 0 Å². The molecule has 0 aromatic carbocycles. The Morgan fingerprint density at radius 1 is 1.23 bits per heavy atom. The number of fused-ring (bicyclic) bond motifs is 1. The molecule has 3 aromatic heterocycles. The molecule has 0 saturated heterocycles. The van der Waals surface area contributed by atoms with Gasteiger partial charge in [0.1, 0.15) is 5.69 Å². The summed E-state index contributed by atoms with van der Waals surface area (Å²) in [5.74, 6) is -0.192. The Kier molecular flexibility index (Phi) is 3.58. The van der Waals surface area contributed by atoms with Crippen LogP contribution in [0.2, 0.25) is 0 Å². The fraction of sp³-hybridized carbons (Fsp3) is 0.250. The van der Waals surface area contributed by atoms with E-state index in [2.05, 4.69) is 34.2 Å². The largest absolute Gasteiger partial charge is 0.350 e. The summed E-state index contributed by atoms with van der Waals surface area (Å²) >= 11 is 0. The highest BCUT2D eigenvalue weighted by molar-refractivity contribution is 5.93. The van der Waals surface area contributed by atoms with Gasteiger partial charge in [0.25, 0.3) is 5.91 Å². The van der Waals surface area contributed by atoms with E-state index in [1.807, 2.05) is 24.4 Å². The van der Waals surface area contributed by atoms with Crippen molar-refractivity contribution in [2.24, 2.45) is 0 Å². The van der Waals surface area contributed by atoms with Crippen LogP contribution in [-0.4, -0.2) is 32.0 Å². The van der Waals surface area contributed by atoms with Gasteiger partial charge in [-0.25, -0.2) is 9.50 Å². The van der Waals surface area contributed by atoms with Gasteiger partial charge in [-0.3, -0.25) is 9.78 Å². The Bertz CT molecular complexity index is 794. The van der Waals surface area contributed by atoms with Crippen LogP contribution in [0.1, 0.15) is 29.9 Å². The topological polar surface area (TPSA) is 72.2 Å². The molecule has 0 radical (unpaired) electrons. The first-order chi connectivity index (χ1) is 10.6. The summed E-state index contributed by atoms with van der Waals surface area (Å²) in [6, 6.07) is 7.50. The molecule has 112 valence electrons. The van der Waals surface area contributed by atoms with E-state index in [1.54, 1.807) is 18.5 Å². The third kappa shape index (κ3) is 2.67. The minimum Gasteiger partial charge on any atom is -0.350 e. The highest BCUT2D eigenvalue weighted by Gasteiger charge is 2.23. The zero-order valence-corrected chi connectivity index (χ0v) is 12.5. The van der Waals surface area contributed by atoms with Crippen molar-refractivity contribution in [1.82, 2.24) is 24.9 Å². The number of carbonyl (C=O) groups excluding carboxylic acids is 1. The fourth-order valence-electron chi connectivity index (χ4n) is 2.24. The van der Waals surface area contributed by atoms with Crippen molar-refractivity contribution in [1.29, 1.82) is 0 Å². The van der Waals surface area contributed by atoms with E-state index in [-0.39, 0.29) is 11.3 Å². The molecule has 0 saturated carbocycles. The molecular formula is C16H17N5O. The van der Waals surface area contributed by atoms with Crippen molar-refractivity contribution in [3.8, 4) is 0 Å². The van der Waals surface area contributed by atoms with Gasteiger partial charge < -0.3 is 5.32 Å². The molecule has 22 heavy (non-hydrogen) atoms. The van der Waals surface area contributed by atoms with Crippen molar-refractivity contribution in [2.45, 2.75) is 19.3 Å². The van der Waals surface area contributed by atoms with Gasteiger partial charge in [0.05, 0.1) is 6.20 Å². The highest BCUT2D eigenvalue weighted by atomic mass is 16.2. The molecule has 0 aliphatic heterocycles. The number of amides is 1. The lowest BCUT2D eigenvalue weighted by atomic mass is 9.85. The molecule has 3 aromatic rings. The lowest BCUT2D eigenvalue weighted by molar-refractivity contribution is 0.0938. The van der Waals surface area contributed by atoms with Crippen molar-refractivity contribution in [2.75, 3.05) is 6.54 Å². The zero-order valence-electron chi connectivity index (χ0n) is 12.5. The number of nitrogens with zero attached hydrogens (tertiary/aromatic N) is 4. The van der Waals surface area contributed by atoms with E-state index >= 15 is 0 Å². The van der Waals surface area contributed by atoms with Crippen LogP contribution < -0.4 is 5.32 Å². The fourth-order valence-corrected chi connectivity index (χ4v) is 2.24. The van der Waals surface area contributed by atoms with E-state index in [0.29, 0.717) is 17.9 Å². The van der Waals surface area contributed by atoms with Crippen LogP contribution in [0.15, 0.2) is 49.1 Å². The summed E-state index contributed by atoms with van der Waals surface area (Å²) in [6.45, 7) is 4.63. The molecular weight excluding hydrogens is 278 g/mol. The first-order valence-corrected chi connectivity index (χ1v) is 7.05. The number of nitrogens with one attached hydrogen (secondary N) is 1. The van der Waals surface area contributed by atoms with Gasteiger partial charge in [-0.1, -0.05) is 19.9 Å². The second kappa shape index (κ2) is 5.55. The molecule has 3 rings (SSSR count). The summed E-state index contributed by atoms with van der Waals surface area (Å²) in [6.07, 6.45) is 6.73. The molecule has 0 bridgehead atoms. The van der Waals surface area contributed by atoms with Crippen LogP contribution in [0.4, 0.5) is 0 Å². The van der Waals surface area contributed by atoms with Crippen LogP contribution in [0, 0.1) is 0 Å². The van der Waals surface area contributed by atoms with Crippen molar-refractivity contribution < 1.29 is 4.79 Å². The third-order valence-corrected chi connectivity index (χ3v) is 3.64. The maximum Gasteiger partial charge on any atom is 0.271 e. The van der Waals surface area contributed by atoms with Gasteiger partial charge in [0.2, 0.25) is 0 Å². The minimum atomic E-state index is -0.210. The molecule has 0 spiro atoms. The molecule has 0 fully saturated rings. The van der Waals surface area contributed by atoms with Gasteiger partial charge in [0.15, 0.2) is 5.65 Å². The molecule has 0 unspecified atom stereocenters. The van der Waals surface area contributed by atoms with Crippen LogP contribution in [-0.2, 0) is 5.41 Å². The number of hydrogen-bond acceptors (Lipinski definition) is 4. The molecule has 6 heteroatoms. The van der Waals surface area contributed by atoms with Crippen molar-refractivity contribution in [3.05, 3.63) is 60.3 Å². The van der Waals surface area contributed by atoms with E-state index in [1.165, 1.54) is 10.7 Å². The maximum absolute atomic E-state index is 12.4. The molecule has 0 aliphatic carbocycles. The number of pyridine rings is 1. The summed E-state index contributed by atoms with van der Waals surface area (Å²) in [5.41, 5.74) is 1.95. The second-order valence-corrected chi connectivity index (χ2v) is 5.75. The van der Waals surface area contributed by atoms with Gasteiger partial charge in [-0.15, -0.1) is 0 Å². The lowest BCUT2D eigenvalue weighted by Crippen LogP contribution is -2.37. The number of imidazole rings is 1. The van der Waals surface area contributed by atoms with Crippen molar-refractivity contribution >= 4 is 11.6 Å². The molecule has 0 atom stereocenters. The second-order valence-electron chi connectivity index (χ2n) is 5.75. The Morgan fingerprint density at radius 2 is 2.05 bits per heavy atom. The molecule has 3 heterocycles. The Morgan fingerprint density at radius 3 is 2.82 bits per heavy atom. The first-order valence-electron chi connectivity index (χ1n) is 7.05. The number of rotatable bonds is 4. The quantitative estimate of drug-likeness (QED) is 0.797. The Balaban J connectivity index is 1.75. The van der Waals surface area contributed by atoms with Gasteiger partial charge in [-0.05, 0) is 23.8 Å². The summed E-state index contributed by atoms with van der Waals surface area (Å²) in [5, 5.41) is 7.10. The molecule has 0 aliphatic rings. The maximum atomic E-state index is 12.4. The van der Waals surface area contributed by atoms with Crippen LogP contribution in [0.5, 0.6) is 0 Å². The summed E-state index contributed by atoms with van der Waals surface area (Å²) in [4.78, 5) is 20.7. The molecule has 6 nitrogen and oxygen atoms in total. The first kappa shape index (κ1) is 14.2. The van der Waals surface area contributed by atoms with Crippen LogP contribution >= 0.6 is 0 Å². The normalized spacial score (nSPS) is 11.5. The van der Waals surface area contributed by atoms with Crippen molar-refractivity contribution in [3.63, 3.8) is 0 Å². The average molecular weight is 295 g/mol. The zero-order chi connectivity index (χ0) is 15.6. The Hall–Kier alpha value is -2.76. The predicted octanol–water partition coefficient (Wildman–Crippen LogP) is 1.83. The third-order valence-electron chi connectivity index (χ3n) is 3.64. The summed E-state index contributed by atoms with van der Waals surface area (Å²) < 4.78 is 1.53. The smallest absolute Gasteiger partial charge is 0.271 e. The Labute approximate surface area is 128 Å². The van der Waals surface area contributed by atoms with Gasteiger partial charge >= 0.3 is 0 Å². The standard InChI is InChI=1S/C16H17N5O/c1-16(2,12-5-3-7-17-9-12)11-19-15(22)13-10-18-14-6-4-8-20-21(13)14/h3-10H,11H2,1-2H3,(H,19,22). The van der Waals surface area contributed by atoms with Gasteiger partial charge in [-0.2, -0.15) is 5.10 Å². The molecule has 1 N–H and O–H groups in total. The number of hydrogen-bond donors (Lipinski definition) is 1. The SMILES string of the molecule is CC(C)(CNC(=O)c1cnc2cccnn12)c1cccnc1. The lowest BCUT2D eigenvalue weighted by Gasteiger charge is -2.25. The average Bonchev–Trinajstić information content (AvgIpc) is 2.98. The minimum absolute atomic E-state index is 0.192. The number of carbonyl (C=O) groups is 1. The highest BCUT2D eigenvalue weighted by Crippen LogP contribution is 2.21.